The summed E-state index contributed by atoms with van der Waals surface area (Å²) in [5.41, 5.74) is 0.521. The summed E-state index contributed by atoms with van der Waals surface area (Å²) < 4.78 is 7.92. The number of aryl methyl sites for hydroxylation is 1. The monoisotopic (exact) mass is 334 g/mol. The van der Waals surface area contributed by atoms with Crippen LogP contribution in [-0.2, 0) is 11.3 Å². The minimum Gasteiger partial charge on any atom is -0.378 e. The highest BCUT2D eigenvalue weighted by Crippen LogP contribution is 2.29. The van der Waals surface area contributed by atoms with Crippen molar-refractivity contribution < 1.29 is 9.53 Å². The number of nitrogens with zero attached hydrogens (tertiary/aromatic N) is 2. The van der Waals surface area contributed by atoms with Gasteiger partial charge in [0.2, 0.25) is 0 Å². The van der Waals surface area contributed by atoms with E-state index in [4.69, 9.17) is 4.74 Å². The Morgan fingerprint density at radius 3 is 2.70 bits per heavy atom. The van der Waals surface area contributed by atoms with Crippen molar-refractivity contribution in [1.82, 2.24) is 9.47 Å². The Kier molecular flexibility index (Phi) is 4.55. The van der Waals surface area contributed by atoms with Gasteiger partial charge in [-0.1, -0.05) is 13.8 Å². The van der Waals surface area contributed by atoms with Crippen LogP contribution in [0.3, 0.4) is 0 Å². The van der Waals surface area contributed by atoms with Gasteiger partial charge in [0.25, 0.3) is 11.5 Å². The van der Waals surface area contributed by atoms with E-state index >= 15 is 0 Å². The van der Waals surface area contributed by atoms with Crippen molar-refractivity contribution >= 4 is 27.3 Å². The van der Waals surface area contributed by atoms with Gasteiger partial charge in [0, 0.05) is 35.4 Å². The lowest BCUT2D eigenvalue weighted by Crippen LogP contribution is -2.41. The molecule has 2 aromatic heterocycles. The predicted molar refractivity (Wildman–Crippen MR) is 92.4 cm³/mol. The first-order valence-electron chi connectivity index (χ1n) is 7.98. The molecule has 0 atom stereocenters. The average molecular weight is 334 g/mol. The van der Waals surface area contributed by atoms with E-state index in [1.807, 2.05) is 19.2 Å². The molecule has 0 radical (unpaired) electrons. The van der Waals surface area contributed by atoms with Crippen LogP contribution in [0.15, 0.2) is 17.1 Å². The lowest BCUT2D eigenvalue weighted by atomic mass is 10.1. The molecule has 0 spiro atoms. The molecule has 2 aromatic rings. The van der Waals surface area contributed by atoms with Crippen molar-refractivity contribution in [3.05, 3.63) is 33.1 Å². The second-order valence-electron chi connectivity index (χ2n) is 6.34. The second-order valence-corrected chi connectivity index (χ2v) is 7.60. The highest BCUT2D eigenvalue weighted by Gasteiger charge is 2.25. The highest BCUT2D eigenvalue weighted by atomic mass is 32.1. The van der Waals surface area contributed by atoms with Gasteiger partial charge in [0.05, 0.1) is 24.2 Å². The van der Waals surface area contributed by atoms with E-state index in [0.717, 1.165) is 9.58 Å². The summed E-state index contributed by atoms with van der Waals surface area (Å²) in [6.07, 6.45) is 1.84. The van der Waals surface area contributed by atoms with Gasteiger partial charge in [-0.2, -0.15) is 0 Å². The fraction of sp³-hybridized carbons (Fsp3) is 0.529. The molecule has 1 saturated heterocycles. The molecule has 0 bridgehead atoms. The Morgan fingerprint density at radius 1 is 1.35 bits per heavy atom. The van der Waals surface area contributed by atoms with Gasteiger partial charge >= 0.3 is 0 Å². The number of aromatic nitrogens is 1. The molecule has 0 N–H and O–H groups in total. The van der Waals surface area contributed by atoms with Crippen molar-refractivity contribution in [3.63, 3.8) is 0 Å². The molecule has 0 saturated carbocycles. The van der Waals surface area contributed by atoms with E-state index in [9.17, 15) is 9.59 Å². The number of morpholine rings is 1. The number of hydrogen-bond acceptors (Lipinski definition) is 4. The van der Waals surface area contributed by atoms with Gasteiger partial charge in [-0.15, -0.1) is 11.3 Å². The first kappa shape index (κ1) is 16.2. The summed E-state index contributed by atoms with van der Waals surface area (Å²) in [7, 11) is 0. The lowest BCUT2D eigenvalue weighted by molar-refractivity contribution is 0.0304. The summed E-state index contributed by atoms with van der Waals surface area (Å²) >= 11 is 1.52. The number of amides is 1. The molecular weight excluding hydrogens is 312 g/mol. The highest BCUT2D eigenvalue weighted by molar-refractivity contribution is 7.19. The predicted octanol–water partition coefficient (Wildman–Crippen LogP) is 2.50. The molecule has 0 unspecified atom stereocenters. The molecule has 0 aromatic carbocycles. The summed E-state index contributed by atoms with van der Waals surface area (Å²) in [4.78, 5) is 28.5. The smallest absolute Gasteiger partial charge is 0.260 e. The van der Waals surface area contributed by atoms with Crippen molar-refractivity contribution in [3.8, 4) is 0 Å². The number of thiophene rings is 1. The van der Waals surface area contributed by atoms with E-state index in [2.05, 4.69) is 13.8 Å². The van der Waals surface area contributed by atoms with Crippen LogP contribution in [0.4, 0.5) is 0 Å². The van der Waals surface area contributed by atoms with Crippen molar-refractivity contribution in [2.45, 2.75) is 27.3 Å². The minimum absolute atomic E-state index is 0.0450. The van der Waals surface area contributed by atoms with Gasteiger partial charge < -0.3 is 14.2 Å². The molecule has 1 amide bonds. The molecule has 1 aliphatic heterocycles. The second kappa shape index (κ2) is 6.45. The SMILES string of the molecule is Cc1sc2ccn(CC(C)C)c(=O)c2c1C(=O)N1CCOCC1. The Labute approximate surface area is 139 Å². The molecule has 5 nitrogen and oxygen atoms in total. The molecule has 1 fully saturated rings. The number of fused-ring (bicyclic) bond motifs is 1. The summed E-state index contributed by atoms with van der Waals surface area (Å²) in [6.45, 7) is 9.03. The number of pyridine rings is 1. The van der Waals surface area contributed by atoms with Crippen molar-refractivity contribution in [2.75, 3.05) is 26.3 Å². The third-order valence-electron chi connectivity index (χ3n) is 4.07. The van der Waals surface area contributed by atoms with Crippen LogP contribution in [0.2, 0.25) is 0 Å². The van der Waals surface area contributed by atoms with Crippen LogP contribution in [0.25, 0.3) is 10.1 Å². The van der Waals surface area contributed by atoms with Gasteiger partial charge in [0.1, 0.15) is 0 Å². The third-order valence-corrected chi connectivity index (χ3v) is 5.14. The van der Waals surface area contributed by atoms with Gasteiger partial charge in [0.15, 0.2) is 0 Å². The van der Waals surface area contributed by atoms with E-state index in [0.29, 0.717) is 49.7 Å². The van der Waals surface area contributed by atoms with E-state index in [1.165, 1.54) is 11.3 Å². The first-order valence-corrected chi connectivity index (χ1v) is 8.80. The van der Waals surface area contributed by atoms with E-state index in [1.54, 1.807) is 9.47 Å². The zero-order valence-electron chi connectivity index (χ0n) is 13.8. The van der Waals surface area contributed by atoms with Gasteiger partial charge in [-0.25, -0.2) is 0 Å². The van der Waals surface area contributed by atoms with Gasteiger partial charge in [-0.3, -0.25) is 9.59 Å². The fourth-order valence-electron chi connectivity index (χ4n) is 2.98. The fourth-order valence-corrected chi connectivity index (χ4v) is 4.03. The Hall–Kier alpha value is -1.66. The van der Waals surface area contributed by atoms with Crippen molar-refractivity contribution in [2.24, 2.45) is 5.92 Å². The largest absolute Gasteiger partial charge is 0.378 e. The standard InChI is InChI=1S/C17H22N2O3S/c1-11(2)10-19-5-4-13-15(17(19)21)14(12(3)23-13)16(20)18-6-8-22-9-7-18/h4-5,11H,6-10H2,1-3H3. The maximum atomic E-state index is 12.9. The summed E-state index contributed by atoms with van der Waals surface area (Å²) in [5.74, 6) is 0.333. The Bertz CT molecular complexity index is 785. The number of carbonyl (C=O) groups excluding carboxylic acids is 1. The molecule has 23 heavy (non-hydrogen) atoms. The molecule has 124 valence electrons. The molecular formula is C17H22N2O3S. The third kappa shape index (κ3) is 3.05. The van der Waals surface area contributed by atoms with Crippen LogP contribution in [-0.4, -0.2) is 41.7 Å². The topological polar surface area (TPSA) is 51.5 Å². The first-order chi connectivity index (χ1) is 11.0. The van der Waals surface area contributed by atoms with E-state index in [-0.39, 0.29) is 11.5 Å². The summed E-state index contributed by atoms with van der Waals surface area (Å²) in [6, 6.07) is 1.95. The van der Waals surface area contributed by atoms with Crippen LogP contribution >= 0.6 is 11.3 Å². The molecule has 3 rings (SSSR count). The molecule has 6 heteroatoms. The van der Waals surface area contributed by atoms with Crippen LogP contribution in [0.1, 0.15) is 29.1 Å². The number of rotatable bonds is 3. The Morgan fingerprint density at radius 2 is 2.04 bits per heavy atom. The van der Waals surface area contributed by atoms with Crippen LogP contribution in [0.5, 0.6) is 0 Å². The number of carbonyl (C=O) groups is 1. The Balaban J connectivity index is 2.10. The minimum atomic E-state index is -0.0582. The van der Waals surface area contributed by atoms with Crippen molar-refractivity contribution in [1.29, 1.82) is 0 Å². The molecule has 1 aliphatic rings. The maximum Gasteiger partial charge on any atom is 0.260 e. The number of ether oxygens (including phenoxy) is 1. The maximum absolute atomic E-state index is 12.9. The summed E-state index contributed by atoms with van der Waals surface area (Å²) in [5, 5.41) is 0.576. The quantitative estimate of drug-likeness (QED) is 0.866. The molecule has 0 aliphatic carbocycles. The average Bonchev–Trinajstić information content (AvgIpc) is 2.87. The lowest BCUT2D eigenvalue weighted by Gasteiger charge is -2.27. The zero-order valence-corrected chi connectivity index (χ0v) is 14.6. The van der Waals surface area contributed by atoms with Crippen LogP contribution in [0, 0.1) is 12.8 Å². The van der Waals surface area contributed by atoms with Gasteiger partial charge in [-0.05, 0) is 18.9 Å². The normalized spacial score (nSPS) is 15.6. The zero-order chi connectivity index (χ0) is 16.6. The van der Waals surface area contributed by atoms with E-state index < -0.39 is 0 Å². The molecule has 3 heterocycles. The number of hydrogen-bond donors (Lipinski definition) is 0. The van der Waals surface area contributed by atoms with Crippen LogP contribution < -0.4 is 5.56 Å².